The molecule has 26 heavy (non-hydrogen) atoms. The van der Waals surface area contributed by atoms with Crippen molar-refractivity contribution in [3.05, 3.63) is 60.2 Å². The lowest BCUT2D eigenvalue weighted by Crippen LogP contribution is -2.35. The molecule has 3 aromatic rings. The van der Waals surface area contributed by atoms with Crippen LogP contribution in [0.3, 0.4) is 0 Å². The van der Waals surface area contributed by atoms with Gasteiger partial charge in [0.2, 0.25) is 0 Å². The van der Waals surface area contributed by atoms with Crippen molar-refractivity contribution in [1.29, 1.82) is 0 Å². The topological polar surface area (TPSA) is 84.3 Å². The molecule has 0 aliphatic rings. The maximum absolute atomic E-state index is 12.0. The molecule has 0 spiro atoms. The number of carbonyl (C=O) groups excluding carboxylic acids is 2. The maximum Gasteiger partial charge on any atom is 0.306 e. The van der Waals surface area contributed by atoms with Crippen molar-refractivity contribution in [2.24, 2.45) is 0 Å². The van der Waals surface area contributed by atoms with Crippen LogP contribution < -0.4 is 5.32 Å². The summed E-state index contributed by atoms with van der Waals surface area (Å²) in [7, 11) is 0. The Hall–Kier alpha value is -3.02. The van der Waals surface area contributed by atoms with E-state index in [1.807, 2.05) is 24.4 Å². The number of aromatic amines is 1. The molecule has 6 nitrogen and oxygen atoms in total. The number of esters is 1. The standard InChI is InChI=1S/C20H22N2O4/c1-14(20(24)22-13-16-7-5-11-25-16)26-19(23)10-4-6-15-12-21-18-9-3-2-8-17(15)18/h2-3,5,7-9,11-12,14,21H,4,6,10,13H2,1H3,(H,22,24)/t14-/m1/s1. The summed E-state index contributed by atoms with van der Waals surface area (Å²) in [5, 5.41) is 3.85. The van der Waals surface area contributed by atoms with Gasteiger partial charge < -0.3 is 19.5 Å². The number of hydrogen-bond acceptors (Lipinski definition) is 4. The number of furan rings is 1. The highest BCUT2D eigenvalue weighted by Gasteiger charge is 2.17. The van der Waals surface area contributed by atoms with Crippen molar-refractivity contribution in [1.82, 2.24) is 10.3 Å². The molecule has 2 N–H and O–H groups in total. The molecule has 0 saturated carbocycles. The van der Waals surface area contributed by atoms with E-state index in [2.05, 4.69) is 16.4 Å². The molecular formula is C20H22N2O4. The Morgan fingerprint density at radius 3 is 2.88 bits per heavy atom. The van der Waals surface area contributed by atoms with Crippen LogP contribution in [0.2, 0.25) is 0 Å². The molecule has 136 valence electrons. The normalized spacial score (nSPS) is 12.0. The minimum atomic E-state index is -0.828. The van der Waals surface area contributed by atoms with Gasteiger partial charge in [0.05, 0.1) is 12.8 Å². The fourth-order valence-corrected chi connectivity index (χ4v) is 2.80. The van der Waals surface area contributed by atoms with Gasteiger partial charge in [0, 0.05) is 23.5 Å². The van der Waals surface area contributed by atoms with Crippen LogP contribution in [0.4, 0.5) is 0 Å². The Morgan fingerprint density at radius 2 is 2.08 bits per heavy atom. The number of carbonyl (C=O) groups is 2. The number of H-pyrrole nitrogens is 1. The lowest BCUT2D eigenvalue weighted by Gasteiger charge is -2.13. The Labute approximate surface area is 151 Å². The summed E-state index contributed by atoms with van der Waals surface area (Å²) in [5.74, 6) is -0.0625. The predicted molar refractivity (Wildman–Crippen MR) is 97.3 cm³/mol. The highest BCUT2D eigenvalue weighted by Crippen LogP contribution is 2.19. The first-order chi connectivity index (χ1) is 12.6. The van der Waals surface area contributed by atoms with E-state index in [9.17, 15) is 9.59 Å². The number of benzene rings is 1. The van der Waals surface area contributed by atoms with Gasteiger partial charge in [-0.2, -0.15) is 0 Å². The number of ether oxygens (including phenoxy) is 1. The van der Waals surface area contributed by atoms with Crippen molar-refractivity contribution < 1.29 is 18.7 Å². The predicted octanol–water partition coefficient (Wildman–Crippen LogP) is 3.33. The zero-order chi connectivity index (χ0) is 18.4. The summed E-state index contributed by atoms with van der Waals surface area (Å²) < 4.78 is 10.3. The maximum atomic E-state index is 12.0. The fraction of sp³-hybridized carbons (Fsp3) is 0.300. The summed E-state index contributed by atoms with van der Waals surface area (Å²) in [6, 6.07) is 11.6. The van der Waals surface area contributed by atoms with Crippen LogP contribution in [0.5, 0.6) is 0 Å². The van der Waals surface area contributed by atoms with Crippen LogP contribution in [-0.2, 0) is 27.3 Å². The monoisotopic (exact) mass is 354 g/mol. The summed E-state index contributed by atoms with van der Waals surface area (Å²) in [5.41, 5.74) is 2.27. The van der Waals surface area contributed by atoms with Gasteiger partial charge in [-0.3, -0.25) is 9.59 Å². The van der Waals surface area contributed by atoms with E-state index in [-0.39, 0.29) is 24.8 Å². The fourth-order valence-electron chi connectivity index (χ4n) is 2.80. The molecule has 0 aliphatic heterocycles. The van der Waals surface area contributed by atoms with Crippen LogP contribution in [0, 0.1) is 0 Å². The van der Waals surface area contributed by atoms with Gasteiger partial charge in [-0.15, -0.1) is 0 Å². The van der Waals surface area contributed by atoms with E-state index in [1.54, 1.807) is 25.3 Å². The molecule has 0 saturated heterocycles. The first-order valence-corrected chi connectivity index (χ1v) is 8.68. The average Bonchev–Trinajstić information content (AvgIpc) is 3.29. The smallest absolute Gasteiger partial charge is 0.306 e. The lowest BCUT2D eigenvalue weighted by molar-refractivity contribution is -0.155. The van der Waals surface area contributed by atoms with Crippen LogP contribution in [0.25, 0.3) is 10.9 Å². The van der Waals surface area contributed by atoms with Gasteiger partial charge in [0.25, 0.3) is 5.91 Å². The summed E-state index contributed by atoms with van der Waals surface area (Å²) in [4.78, 5) is 27.1. The third-order valence-corrected chi connectivity index (χ3v) is 4.20. The van der Waals surface area contributed by atoms with E-state index in [4.69, 9.17) is 9.15 Å². The Morgan fingerprint density at radius 1 is 1.23 bits per heavy atom. The van der Waals surface area contributed by atoms with Crippen LogP contribution in [-0.4, -0.2) is 23.0 Å². The van der Waals surface area contributed by atoms with E-state index in [0.29, 0.717) is 12.2 Å². The average molecular weight is 354 g/mol. The van der Waals surface area contributed by atoms with Gasteiger partial charge in [-0.05, 0) is 43.5 Å². The molecular weight excluding hydrogens is 332 g/mol. The van der Waals surface area contributed by atoms with Crippen molar-refractivity contribution in [2.75, 3.05) is 0 Å². The molecule has 3 rings (SSSR count). The second kappa shape index (κ2) is 8.38. The molecule has 0 bridgehead atoms. The van der Waals surface area contributed by atoms with Crippen molar-refractivity contribution in [3.63, 3.8) is 0 Å². The molecule has 6 heteroatoms. The first kappa shape index (κ1) is 17.8. The van der Waals surface area contributed by atoms with Crippen molar-refractivity contribution in [3.8, 4) is 0 Å². The van der Waals surface area contributed by atoms with E-state index in [1.165, 1.54) is 10.9 Å². The van der Waals surface area contributed by atoms with E-state index < -0.39 is 6.10 Å². The minimum absolute atomic E-state index is 0.272. The van der Waals surface area contributed by atoms with Gasteiger partial charge in [-0.1, -0.05) is 18.2 Å². The van der Waals surface area contributed by atoms with Crippen molar-refractivity contribution >= 4 is 22.8 Å². The third kappa shape index (κ3) is 4.53. The minimum Gasteiger partial charge on any atom is -0.467 e. The SMILES string of the molecule is C[C@@H](OC(=O)CCCc1c[nH]c2ccccc12)C(=O)NCc1ccco1. The molecule has 0 radical (unpaired) electrons. The van der Waals surface area contributed by atoms with E-state index in [0.717, 1.165) is 11.9 Å². The molecule has 1 aromatic carbocycles. The second-order valence-corrected chi connectivity index (χ2v) is 6.14. The zero-order valence-electron chi connectivity index (χ0n) is 14.7. The zero-order valence-corrected chi connectivity index (χ0v) is 14.7. The second-order valence-electron chi connectivity index (χ2n) is 6.14. The molecule has 0 unspecified atom stereocenters. The van der Waals surface area contributed by atoms with Crippen LogP contribution in [0.15, 0.2) is 53.3 Å². The number of amides is 1. The van der Waals surface area contributed by atoms with Crippen LogP contribution >= 0.6 is 0 Å². The number of nitrogens with one attached hydrogen (secondary N) is 2. The van der Waals surface area contributed by atoms with Crippen molar-refractivity contribution in [2.45, 2.75) is 38.8 Å². The number of aryl methyl sites for hydroxylation is 1. The number of fused-ring (bicyclic) bond motifs is 1. The molecule has 2 aromatic heterocycles. The molecule has 2 heterocycles. The van der Waals surface area contributed by atoms with Crippen LogP contribution in [0.1, 0.15) is 31.1 Å². The molecule has 0 aliphatic carbocycles. The quantitative estimate of drug-likeness (QED) is 0.608. The molecule has 1 amide bonds. The van der Waals surface area contributed by atoms with Gasteiger partial charge in [0.1, 0.15) is 5.76 Å². The Balaban J connectivity index is 1.40. The van der Waals surface area contributed by atoms with E-state index >= 15 is 0 Å². The Bertz CT molecular complexity index is 867. The number of rotatable bonds is 8. The summed E-state index contributed by atoms with van der Waals surface area (Å²) in [6.45, 7) is 1.84. The first-order valence-electron chi connectivity index (χ1n) is 8.68. The number of aromatic nitrogens is 1. The van der Waals surface area contributed by atoms with Gasteiger partial charge >= 0.3 is 5.97 Å². The third-order valence-electron chi connectivity index (χ3n) is 4.20. The lowest BCUT2D eigenvalue weighted by atomic mass is 10.1. The van der Waals surface area contributed by atoms with Gasteiger partial charge in [-0.25, -0.2) is 0 Å². The molecule has 0 fully saturated rings. The number of para-hydroxylation sites is 1. The largest absolute Gasteiger partial charge is 0.467 e. The molecule has 1 atom stereocenters. The Kier molecular flexibility index (Phi) is 5.73. The summed E-state index contributed by atoms with van der Waals surface area (Å²) in [6.07, 6.45) is 4.40. The van der Waals surface area contributed by atoms with Gasteiger partial charge in [0.15, 0.2) is 6.10 Å². The highest BCUT2D eigenvalue weighted by molar-refractivity contribution is 5.84. The number of hydrogen-bond donors (Lipinski definition) is 2. The highest BCUT2D eigenvalue weighted by atomic mass is 16.5. The summed E-state index contributed by atoms with van der Waals surface area (Å²) >= 11 is 0.